The molecule has 0 radical (unpaired) electrons. The zero-order chi connectivity index (χ0) is 16.0. The van der Waals surface area contributed by atoms with Gasteiger partial charge in [0.05, 0.1) is 18.4 Å². The maximum absolute atomic E-state index is 11.8. The van der Waals surface area contributed by atoms with E-state index >= 15 is 0 Å². The topological polar surface area (TPSA) is 76.5 Å². The summed E-state index contributed by atoms with van der Waals surface area (Å²) >= 11 is 0. The van der Waals surface area contributed by atoms with Crippen molar-refractivity contribution in [3.8, 4) is 16.9 Å². The molecule has 4 rings (SSSR count). The molecule has 0 saturated heterocycles. The fourth-order valence-electron chi connectivity index (χ4n) is 2.62. The highest BCUT2D eigenvalue weighted by Crippen LogP contribution is 2.35. The van der Waals surface area contributed by atoms with Crippen molar-refractivity contribution in [2.45, 2.75) is 0 Å². The van der Waals surface area contributed by atoms with Crippen LogP contribution in [0.4, 0.5) is 5.69 Å². The van der Waals surface area contributed by atoms with Gasteiger partial charge in [0.15, 0.2) is 16.0 Å². The maximum atomic E-state index is 11.8. The second kappa shape index (κ2) is 5.24. The van der Waals surface area contributed by atoms with E-state index in [9.17, 15) is 9.00 Å². The maximum Gasteiger partial charge on any atom is 0.258 e. The lowest BCUT2D eigenvalue weighted by molar-refractivity contribution is -0.114. The van der Waals surface area contributed by atoms with E-state index in [0.717, 1.165) is 29.1 Å². The van der Waals surface area contributed by atoms with Crippen LogP contribution in [0.25, 0.3) is 16.2 Å². The van der Waals surface area contributed by atoms with Gasteiger partial charge in [0.1, 0.15) is 12.4 Å². The molecule has 0 spiro atoms. The summed E-state index contributed by atoms with van der Waals surface area (Å²) in [6, 6.07) is 5.98. The van der Waals surface area contributed by atoms with Crippen molar-refractivity contribution >= 4 is 27.6 Å². The lowest BCUT2D eigenvalue weighted by Gasteiger charge is -2.27. The molecule has 7 nitrogen and oxygen atoms in total. The second-order valence-electron chi connectivity index (χ2n) is 5.34. The Kier molecular flexibility index (Phi) is 3.19. The molecule has 2 aliphatic heterocycles. The highest BCUT2D eigenvalue weighted by atomic mass is 32.2. The van der Waals surface area contributed by atoms with E-state index in [1.54, 1.807) is 12.4 Å². The highest BCUT2D eigenvalue weighted by Gasteiger charge is 2.22. The molecule has 0 fully saturated rings. The van der Waals surface area contributed by atoms with Crippen molar-refractivity contribution in [1.82, 2.24) is 14.5 Å². The van der Waals surface area contributed by atoms with E-state index < -0.39 is 11.0 Å². The van der Waals surface area contributed by atoms with E-state index in [2.05, 4.69) is 14.7 Å². The van der Waals surface area contributed by atoms with Crippen LogP contribution < -0.4 is 14.4 Å². The van der Waals surface area contributed by atoms with E-state index in [1.165, 1.54) is 10.8 Å². The van der Waals surface area contributed by atoms with E-state index in [1.807, 2.05) is 25.2 Å². The first kappa shape index (κ1) is 14.0. The van der Waals surface area contributed by atoms with Crippen molar-refractivity contribution in [3.05, 3.63) is 36.7 Å². The summed E-state index contributed by atoms with van der Waals surface area (Å²) in [4.78, 5) is 13.4. The fraction of sp³-hybridized carbons (Fsp3) is 0.200. The van der Waals surface area contributed by atoms with Crippen molar-refractivity contribution < 1.29 is 13.7 Å². The van der Waals surface area contributed by atoms with Gasteiger partial charge in [0, 0.05) is 24.9 Å². The molecule has 3 heterocycles. The molecule has 0 aliphatic carbocycles. The molecule has 23 heavy (non-hydrogen) atoms. The minimum Gasteiger partial charge on any atom is -0.490 e. The smallest absolute Gasteiger partial charge is 0.258 e. The molecule has 1 aromatic heterocycles. The second-order valence-corrected chi connectivity index (χ2v) is 6.50. The molecule has 0 bridgehead atoms. The summed E-state index contributed by atoms with van der Waals surface area (Å²) in [6.45, 7) is 1.52. The van der Waals surface area contributed by atoms with Crippen molar-refractivity contribution in [3.63, 3.8) is 0 Å². The molecule has 2 aromatic rings. The number of nitrogens with zero attached hydrogens (tertiary/aromatic N) is 3. The Morgan fingerprint density at radius 3 is 3.00 bits per heavy atom. The lowest BCUT2D eigenvalue weighted by atomic mass is 10.1. The number of hydrogen-bond acceptors (Lipinski definition) is 5. The molecule has 1 N–H and O–H groups in total. The fourth-order valence-corrected chi connectivity index (χ4v) is 3.45. The summed E-state index contributed by atoms with van der Waals surface area (Å²) in [7, 11) is 0.472. The first-order valence-corrected chi connectivity index (χ1v) is 8.24. The number of nitrogens with one attached hydrogen (secondary N) is 1. The molecular weight excluding hydrogens is 316 g/mol. The van der Waals surface area contributed by atoms with Gasteiger partial charge in [-0.15, -0.1) is 0 Å². The molecule has 1 amide bonds. The molecule has 8 heteroatoms. The van der Waals surface area contributed by atoms with Gasteiger partial charge >= 0.3 is 0 Å². The summed E-state index contributed by atoms with van der Waals surface area (Å²) in [5.41, 5.74) is 2.87. The number of amides is 1. The van der Waals surface area contributed by atoms with Gasteiger partial charge in [-0.1, -0.05) is 6.07 Å². The Labute approximate surface area is 135 Å². The number of anilines is 1. The normalized spacial score (nSPS) is 19.9. The third-order valence-electron chi connectivity index (χ3n) is 3.83. The van der Waals surface area contributed by atoms with Crippen LogP contribution in [0.15, 0.2) is 36.7 Å². The third kappa shape index (κ3) is 2.40. The summed E-state index contributed by atoms with van der Waals surface area (Å²) in [5, 5.41) is 4.53. The van der Waals surface area contributed by atoms with Gasteiger partial charge in [0.2, 0.25) is 0 Å². The van der Waals surface area contributed by atoms with Gasteiger partial charge in [-0.3, -0.25) is 9.52 Å². The molecule has 1 atom stereocenters. The van der Waals surface area contributed by atoms with Crippen LogP contribution in [0.3, 0.4) is 0 Å². The van der Waals surface area contributed by atoms with Gasteiger partial charge in [-0.05, 0) is 17.7 Å². The van der Waals surface area contributed by atoms with Gasteiger partial charge in [-0.2, -0.15) is 5.10 Å². The largest absolute Gasteiger partial charge is 0.490 e. The van der Waals surface area contributed by atoms with E-state index in [4.69, 9.17) is 4.74 Å². The predicted octanol–water partition coefficient (Wildman–Crippen LogP) is 0.971. The number of aromatic nitrogens is 2. The lowest BCUT2D eigenvalue weighted by Crippen LogP contribution is -2.28. The van der Waals surface area contributed by atoms with Gasteiger partial charge in [-0.25, -0.2) is 8.89 Å². The van der Waals surface area contributed by atoms with Crippen LogP contribution >= 0.6 is 0 Å². The van der Waals surface area contributed by atoms with Crippen LogP contribution in [0.5, 0.6) is 5.75 Å². The van der Waals surface area contributed by atoms with E-state index in [-0.39, 0.29) is 5.91 Å². The highest BCUT2D eigenvalue weighted by molar-refractivity contribution is 7.93. The molecule has 0 saturated carbocycles. The summed E-state index contributed by atoms with van der Waals surface area (Å²) < 4.78 is 21.3. The van der Waals surface area contributed by atoms with Crippen molar-refractivity contribution in [1.29, 1.82) is 0 Å². The molecule has 1 aromatic carbocycles. The quantitative estimate of drug-likeness (QED) is 0.888. The number of ether oxygens (including phenoxy) is 1. The Morgan fingerprint density at radius 1 is 1.35 bits per heavy atom. The number of hydrogen-bond donors (Lipinski definition) is 1. The third-order valence-corrected chi connectivity index (χ3v) is 4.91. The number of likely N-dealkylation sites (N-methyl/N-ethyl adjacent to an activating group) is 1. The van der Waals surface area contributed by atoms with Crippen LogP contribution in [-0.2, 0) is 15.8 Å². The number of benzene rings is 1. The number of rotatable bonds is 2. The van der Waals surface area contributed by atoms with Crippen LogP contribution in [0, 0.1) is 0 Å². The average Bonchev–Trinajstić information content (AvgIpc) is 3.13. The Hall–Kier alpha value is -2.61. The predicted molar refractivity (Wildman–Crippen MR) is 87.0 cm³/mol. The molecule has 1 unspecified atom stereocenters. The van der Waals surface area contributed by atoms with Gasteiger partial charge in [0.25, 0.3) is 5.91 Å². The first-order chi connectivity index (χ1) is 11.1. The standard InChI is InChI=1S/C15H14N4O3S/c1-18-4-5-22-13-6-10(2-3-12(13)18)11-8-16-19(9-11)15-7-14(20)17-23(15)21/h2-3,6-9H,4-5H2,1H3,(H,17,20). The zero-order valence-electron chi connectivity index (χ0n) is 12.4. The SMILES string of the molecule is CN1CCOc2cc(-c3cnn(C4=CC(=O)NS4=O)c3)ccc21. The monoisotopic (exact) mass is 330 g/mol. The summed E-state index contributed by atoms with van der Waals surface area (Å²) in [5.74, 6) is 0.463. The molecule has 118 valence electrons. The minimum atomic E-state index is -1.56. The van der Waals surface area contributed by atoms with E-state index in [0.29, 0.717) is 11.6 Å². The minimum absolute atomic E-state index is 0.329. The first-order valence-electron chi connectivity index (χ1n) is 7.09. The number of carbonyl (C=O) groups is 1. The Bertz CT molecular complexity index is 858. The Morgan fingerprint density at radius 2 is 2.22 bits per heavy atom. The average molecular weight is 330 g/mol. The summed E-state index contributed by atoms with van der Waals surface area (Å²) in [6.07, 6.45) is 4.71. The molecule has 2 aliphatic rings. The number of fused-ring (bicyclic) bond motifs is 1. The van der Waals surface area contributed by atoms with Crippen LogP contribution in [-0.4, -0.2) is 40.1 Å². The Balaban J connectivity index is 1.69. The van der Waals surface area contributed by atoms with Crippen LogP contribution in [0.1, 0.15) is 0 Å². The molecular formula is C15H14N4O3S. The van der Waals surface area contributed by atoms with Crippen LogP contribution in [0.2, 0.25) is 0 Å². The van der Waals surface area contributed by atoms with Gasteiger partial charge < -0.3 is 9.64 Å². The zero-order valence-corrected chi connectivity index (χ0v) is 13.2. The van der Waals surface area contributed by atoms with Crippen molar-refractivity contribution in [2.75, 3.05) is 25.1 Å². The van der Waals surface area contributed by atoms with Crippen molar-refractivity contribution in [2.24, 2.45) is 0 Å². The number of carbonyl (C=O) groups excluding carboxylic acids is 1.